The van der Waals surface area contributed by atoms with Crippen molar-refractivity contribution < 1.29 is 17.9 Å². The molecule has 142 valence electrons. The molecule has 3 rings (SSSR count). The van der Waals surface area contributed by atoms with Crippen molar-refractivity contribution in [3.8, 4) is 22.8 Å². The minimum absolute atomic E-state index is 0.183. The smallest absolute Gasteiger partial charge is 0.262 e. The number of nitrogens with one attached hydrogen (secondary N) is 2. The Bertz CT molecular complexity index is 1050. The van der Waals surface area contributed by atoms with Crippen LogP contribution in [0.4, 0.5) is 5.69 Å². The van der Waals surface area contributed by atoms with Crippen LogP contribution in [0.15, 0.2) is 47.4 Å². The number of methoxy groups -OCH3 is 2. The molecule has 3 aromatic rings. The Kier molecular flexibility index (Phi) is 5.09. The summed E-state index contributed by atoms with van der Waals surface area (Å²) in [6, 6.07) is 11.9. The second-order valence-electron chi connectivity index (χ2n) is 6.12. The highest BCUT2D eigenvalue weighted by atomic mass is 32.2. The van der Waals surface area contributed by atoms with E-state index in [1.54, 1.807) is 37.3 Å². The number of rotatable bonds is 6. The number of benzene rings is 2. The van der Waals surface area contributed by atoms with Gasteiger partial charge in [0.1, 0.15) is 11.5 Å². The van der Waals surface area contributed by atoms with Crippen molar-refractivity contribution in [1.82, 2.24) is 10.2 Å². The van der Waals surface area contributed by atoms with Crippen LogP contribution >= 0.6 is 0 Å². The average molecular weight is 387 g/mol. The fourth-order valence-electron chi connectivity index (χ4n) is 2.69. The largest absolute Gasteiger partial charge is 0.497 e. The predicted octanol–water partition coefficient (Wildman–Crippen LogP) is 3.51. The van der Waals surface area contributed by atoms with Crippen LogP contribution in [-0.2, 0) is 10.0 Å². The van der Waals surface area contributed by atoms with Gasteiger partial charge in [-0.05, 0) is 31.5 Å². The lowest BCUT2D eigenvalue weighted by molar-refractivity contribution is 0.395. The van der Waals surface area contributed by atoms with Gasteiger partial charge in [0.15, 0.2) is 0 Å². The molecule has 0 saturated carbocycles. The first-order chi connectivity index (χ1) is 12.8. The van der Waals surface area contributed by atoms with Crippen molar-refractivity contribution in [1.29, 1.82) is 0 Å². The molecule has 1 aromatic heterocycles. The molecule has 0 fully saturated rings. The Morgan fingerprint density at radius 2 is 1.63 bits per heavy atom. The van der Waals surface area contributed by atoms with E-state index in [2.05, 4.69) is 14.9 Å². The van der Waals surface area contributed by atoms with Gasteiger partial charge in [-0.2, -0.15) is 5.10 Å². The van der Waals surface area contributed by atoms with Crippen molar-refractivity contribution in [2.75, 3.05) is 18.9 Å². The molecule has 0 aliphatic rings. The number of anilines is 1. The standard InChI is InChI=1S/C19H21N3O4S/c1-12-5-6-14(18-7-13(2)20-21-18)8-19(12)27(23,24)22-15-9-16(25-3)11-17(10-15)26-4/h5-11,22H,1-4H3,(H,20,21). The second kappa shape index (κ2) is 7.32. The summed E-state index contributed by atoms with van der Waals surface area (Å²) in [5.41, 5.74) is 3.29. The number of ether oxygens (including phenoxy) is 2. The summed E-state index contributed by atoms with van der Waals surface area (Å²) in [6.07, 6.45) is 0. The number of hydrogen-bond donors (Lipinski definition) is 2. The fraction of sp³-hybridized carbons (Fsp3) is 0.211. The summed E-state index contributed by atoms with van der Waals surface area (Å²) in [5.74, 6) is 0.981. The predicted molar refractivity (Wildman–Crippen MR) is 104 cm³/mol. The van der Waals surface area contributed by atoms with Crippen LogP contribution in [0.25, 0.3) is 11.3 Å². The van der Waals surface area contributed by atoms with Gasteiger partial charge in [0.2, 0.25) is 0 Å². The molecule has 7 nitrogen and oxygen atoms in total. The highest BCUT2D eigenvalue weighted by molar-refractivity contribution is 7.92. The maximum atomic E-state index is 13.0. The number of sulfonamides is 1. The van der Waals surface area contributed by atoms with Crippen molar-refractivity contribution in [2.24, 2.45) is 0 Å². The molecule has 0 aliphatic carbocycles. The molecular formula is C19H21N3O4S. The molecule has 0 amide bonds. The summed E-state index contributed by atoms with van der Waals surface area (Å²) in [7, 11) is -0.804. The third-order valence-corrected chi connectivity index (χ3v) is 5.61. The molecule has 27 heavy (non-hydrogen) atoms. The lowest BCUT2D eigenvalue weighted by Crippen LogP contribution is -2.14. The monoisotopic (exact) mass is 387 g/mol. The summed E-state index contributed by atoms with van der Waals surface area (Å²) >= 11 is 0. The minimum Gasteiger partial charge on any atom is -0.497 e. The molecule has 2 N–H and O–H groups in total. The van der Waals surface area contributed by atoms with E-state index in [1.807, 2.05) is 19.1 Å². The second-order valence-corrected chi connectivity index (χ2v) is 7.77. The molecule has 0 saturated heterocycles. The molecule has 0 unspecified atom stereocenters. The molecule has 0 atom stereocenters. The zero-order valence-electron chi connectivity index (χ0n) is 15.5. The van der Waals surface area contributed by atoms with Crippen LogP contribution in [0.3, 0.4) is 0 Å². The number of aromatic amines is 1. The molecular weight excluding hydrogens is 366 g/mol. The third-order valence-electron chi connectivity index (χ3n) is 4.08. The van der Waals surface area contributed by atoms with Gasteiger partial charge in [0, 0.05) is 29.5 Å². The summed E-state index contributed by atoms with van der Waals surface area (Å²) in [6.45, 7) is 3.64. The van der Waals surface area contributed by atoms with Gasteiger partial charge in [0.05, 0.1) is 30.5 Å². The quantitative estimate of drug-likeness (QED) is 0.675. The Balaban J connectivity index is 2.00. The van der Waals surface area contributed by atoms with Crippen LogP contribution < -0.4 is 14.2 Å². The highest BCUT2D eigenvalue weighted by Crippen LogP contribution is 2.29. The van der Waals surface area contributed by atoms with E-state index in [0.29, 0.717) is 34.0 Å². The molecule has 2 aromatic carbocycles. The topological polar surface area (TPSA) is 93.3 Å². The first kappa shape index (κ1) is 18.8. The number of aromatic nitrogens is 2. The lowest BCUT2D eigenvalue weighted by atomic mass is 10.1. The summed E-state index contributed by atoms with van der Waals surface area (Å²) < 4.78 is 39.0. The number of hydrogen-bond acceptors (Lipinski definition) is 5. The van der Waals surface area contributed by atoms with Crippen molar-refractivity contribution in [3.05, 3.63) is 53.7 Å². The fourth-order valence-corrected chi connectivity index (χ4v) is 4.00. The van der Waals surface area contributed by atoms with Gasteiger partial charge in [-0.1, -0.05) is 12.1 Å². The molecule has 1 heterocycles. The first-order valence-electron chi connectivity index (χ1n) is 8.21. The normalized spacial score (nSPS) is 11.3. The van der Waals surface area contributed by atoms with E-state index in [4.69, 9.17) is 9.47 Å². The minimum atomic E-state index is -3.82. The maximum Gasteiger partial charge on any atom is 0.262 e. The van der Waals surface area contributed by atoms with Gasteiger partial charge in [-0.25, -0.2) is 8.42 Å². The van der Waals surface area contributed by atoms with Crippen molar-refractivity contribution >= 4 is 15.7 Å². The van der Waals surface area contributed by atoms with E-state index in [1.165, 1.54) is 14.2 Å². The maximum absolute atomic E-state index is 13.0. The number of nitrogens with zero attached hydrogens (tertiary/aromatic N) is 1. The Morgan fingerprint density at radius 3 is 2.19 bits per heavy atom. The van der Waals surface area contributed by atoms with E-state index in [0.717, 1.165) is 5.69 Å². The van der Waals surface area contributed by atoms with Gasteiger partial charge in [-0.3, -0.25) is 9.82 Å². The highest BCUT2D eigenvalue weighted by Gasteiger charge is 2.19. The Hall–Kier alpha value is -3.00. The zero-order valence-corrected chi connectivity index (χ0v) is 16.3. The van der Waals surface area contributed by atoms with Gasteiger partial charge in [0.25, 0.3) is 10.0 Å². The average Bonchev–Trinajstić information content (AvgIpc) is 3.07. The Labute approximate surface area is 158 Å². The van der Waals surface area contributed by atoms with Crippen LogP contribution in [0.2, 0.25) is 0 Å². The Morgan fingerprint density at radius 1 is 0.963 bits per heavy atom. The summed E-state index contributed by atoms with van der Waals surface area (Å²) in [4.78, 5) is 0.183. The van der Waals surface area contributed by atoms with Crippen LogP contribution in [-0.4, -0.2) is 32.8 Å². The molecule has 0 aliphatic heterocycles. The number of H-pyrrole nitrogens is 1. The van der Waals surface area contributed by atoms with Crippen molar-refractivity contribution in [2.45, 2.75) is 18.7 Å². The van der Waals surface area contributed by atoms with Gasteiger partial charge in [-0.15, -0.1) is 0 Å². The van der Waals surface area contributed by atoms with Gasteiger partial charge >= 0.3 is 0 Å². The molecule has 0 spiro atoms. The molecule has 0 bridgehead atoms. The SMILES string of the molecule is COc1cc(NS(=O)(=O)c2cc(-c3cc(C)[nH]n3)ccc2C)cc(OC)c1. The van der Waals surface area contributed by atoms with E-state index in [-0.39, 0.29) is 4.90 Å². The van der Waals surface area contributed by atoms with Crippen LogP contribution in [0.5, 0.6) is 11.5 Å². The third kappa shape index (κ3) is 4.06. The molecule has 8 heteroatoms. The van der Waals surface area contributed by atoms with Gasteiger partial charge < -0.3 is 9.47 Å². The number of aryl methyl sites for hydroxylation is 2. The van der Waals surface area contributed by atoms with E-state index < -0.39 is 10.0 Å². The van der Waals surface area contributed by atoms with E-state index in [9.17, 15) is 8.42 Å². The van der Waals surface area contributed by atoms with E-state index >= 15 is 0 Å². The van der Waals surface area contributed by atoms with Crippen LogP contribution in [0.1, 0.15) is 11.3 Å². The van der Waals surface area contributed by atoms with Crippen LogP contribution in [0, 0.1) is 13.8 Å². The lowest BCUT2D eigenvalue weighted by Gasteiger charge is -2.13. The first-order valence-corrected chi connectivity index (χ1v) is 9.69. The van der Waals surface area contributed by atoms with Crippen molar-refractivity contribution in [3.63, 3.8) is 0 Å². The zero-order chi connectivity index (χ0) is 19.6. The molecule has 0 radical (unpaired) electrons. The summed E-state index contributed by atoms with van der Waals surface area (Å²) in [5, 5.41) is 7.06.